The monoisotopic (exact) mass is 279 g/mol. The van der Waals surface area contributed by atoms with Crippen molar-refractivity contribution in [2.45, 2.75) is 39.2 Å². The number of carbonyl (C=O) groups excluding carboxylic acids is 1. The van der Waals surface area contributed by atoms with E-state index >= 15 is 0 Å². The zero-order valence-corrected chi connectivity index (χ0v) is 12.1. The first-order valence-corrected chi connectivity index (χ1v) is 6.95. The molecule has 1 amide bonds. The van der Waals surface area contributed by atoms with Crippen molar-refractivity contribution in [3.05, 3.63) is 17.5 Å². The molecule has 0 aromatic carbocycles. The van der Waals surface area contributed by atoms with Crippen molar-refractivity contribution in [2.24, 2.45) is 18.9 Å². The molecular formula is C14H21N3O3. The highest BCUT2D eigenvalue weighted by atomic mass is 16.4. The average molecular weight is 279 g/mol. The fourth-order valence-corrected chi connectivity index (χ4v) is 2.60. The summed E-state index contributed by atoms with van der Waals surface area (Å²) in [7, 11) is 1.90. The Morgan fingerprint density at radius 2 is 2.15 bits per heavy atom. The van der Waals surface area contributed by atoms with Crippen LogP contribution < -0.4 is 5.32 Å². The number of aliphatic carboxylic acids is 1. The summed E-state index contributed by atoms with van der Waals surface area (Å²) in [5, 5.41) is 16.2. The number of rotatable bonds is 4. The third-order valence-corrected chi connectivity index (χ3v) is 4.25. The number of aryl methyl sites for hydroxylation is 1. The van der Waals surface area contributed by atoms with Crippen molar-refractivity contribution in [1.82, 2.24) is 15.1 Å². The zero-order chi connectivity index (χ0) is 14.9. The lowest BCUT2D eigenvalue weighted by atomic mass is 9.90. The van der Waals surface area contributed by atoms with Gasteiger partial charge in [-0.15, -0.1) is 0 Å². The summed E-state index contributed by atoms with van der Waals surface area (Å²) < 4.78 is 1.84. The van der Waals surface area contributed by atoms with E-state index < -0.39 is 17.8 Å². The van der Waals surface area contributed by atoms with Gasteiger partial charge in [-0.25, -0.2) is 0 Å². The Kier molecular flexibility index (Phi) is 4.11. The number of hydrogen-bond donors (Lipinski definition) is 2. The van der Waals surface area contributed by atoms with Crippen molar-refractivity contribution in [3.8, 4) is 0 Å². The Balaban J connectivity index is 2.08. The molecule has 0 fully saturated rings. The largest absolute Gasteiger partial charge is 0.481 e. The lowest BCUT2D eigenvalue weighted by molar-refractivity contribution is -0.146. The minimum Gasteiger partial charge on any atom is -0.481 e. The molecule has 20 heavy (non-hydrogen) atoms. The van der Waals surface area contributed by atoms with Crippen LogP contribution in [-0.4, -0.2) is 26.8 Å². The van der Waals surface area contributed by atoms with Crippen molar-refractivity contribution in [3.63, 3.8) is 0 Å². The molecule has 3 atom stereocenters. The fourth-order valence-electron chi connectivity index (χ4n) is 2.60. The molecule has 0 radical (unpaired) electrons. The second-order valence-electron chi connectivity index (χ2n) is 5.54. The molecule has 6 nitrogen and oxygen atoms in total. The molecule has 2 rings (SSSR count). The van der Waals surface area contributed by atoms with Gasteiger partial charge in [0, 0.05) is 24.2 Å². The maximum Gasteiger partial charge on any atom is 0.307 e. The molecule has 3 unspecified atom stereocenters. The first kappa shape index (κ1) is 14.6. The normalized spacial score (nSPS) is 20.9. The highest BCUT2D eigenvalue weighted by Gasteiger charge is 2.30. The van der Waals surface area contributed by atoms with Crippen molar-refractivity contribution >= 4 is 11.9 Å². The summed E-state index contributed by atoms with van der Waals surface area (Å²) in [6, 6.07) is -0.0524. The number of aromatic nitrogens is 2. The van der Waals surface area contributed by atoms with E-state index in [1.54, 1.807) is 20.0 Å². The van der Waals surface area contributed by atoms with Crippen LogP contribution in [0.3, 0.4) is 0 Å². The lowest BCUT2D eigenvalue weighted by Crippen LogP contribution is -2.38. The van der Waals surface area contributed by atoms with Gasteiger partial charge >= 0.3 is 5.97 Å². The van der Waals surface area contributed by atoms with Gasteiger partial charge in [-0.2, -0.15) is 5.10 Å². The van der Waals surface area contributed by atoms with Crippen LogP contribution in [0.25, 0.3) is 0 Å². The van der Waals surface area contributed by atoms with Gasteiger partial charge < -0.3 is 10.4 Å². The molecule has 2 N–H and O–H groups in total. The molecule has 0 bridgehead atoms. The van der Waals surface area contributed by atoms with Gasteiger partial charge in [-0.3, -0.25) is 14.3 Å². The molecule has 0 spiro atoms. The second-order valence-corrected chi connectivity index (χ2v) is 5.54. The number of nitrogens with zero attached hydrogens (tertiary/aromatic N) is 2. The van der Waals surface area contributed by atoms with Gasteiger partial charge in [-0.05, 0) is 19.3 Å². The number of carboxylic acids is 1. The van der Waals surface area contributed by atoms with Crippen LogP contribution in [0.4, 0.5) is 0 Å². The van der Waals surface area contributed by atoms with E-state index in [1.807, 2.05) is 11.7 Å². The van der Waals surface area contributed by atoms with Crippen LogP contribution in [0.15, 0.2) is 6.20 Å². The van der Waals surface area contributed by atoms with Crippen LogP contribution in [0.1, 0.15) is 44.0 Å². The predicted octanol–water partition coefficient (Wildman–Crippen LogP) is 1.27. The van der Waals surface area contributed by atoms with E-state index in [0.717, 1.165) is 30.5 Å². The molecule has 1 aliphatic carbocycles. The van der Waals surface area contributed by atoms with Crippen LogP contribution >= 0.6 is 0 Å². The highest BCUT2D eigenvalue weighted by Crippen LogP contribution is 2.29. The first-order valence-electron chi connectivity index (χ1n) is 6.95. The molecule has 0 saturated carbocycles. The number of carboxylic acid groups (broad SMARTS) is 1. The minimum absolute atomic E-state index is 0.0524. The van der Waals surface area contributed by atoms with Crippen LogP contribution in [-0.2, 0) is 23.1 Å². The summed E-state index contributed by atoms with van der Waals surface area (Å²) in [6.45, 7) is 3.21. The van der Waals surface area contributed by atoms with Crippen LogP contribution in [0.5, 0.6) is 0 Å². The zero-order valence-electron chi connectivity index (χ0n) is 12.1. The number of nitrogens with one attached hydrogen (secondary N) is 1. The number of amides is 1. The molecule has 0 aliphatic heterocycles. The SMILES string of the molecule is CC(C(=O)O)C(C)C(=O)NC1CCCc2c1cnn2C. The molecule has 0 saturated heterocycles. The van der Waals surface area contributed by atoms with Gasteiger partial charge in [0.1, 0.15) is 0 Å². The quantitative estimate of drug-likeness (QED) is 0.869. The smallest absolute Gasteiger partial charge is 0.307 e. The Bertz CT molecular complexity index is 524. The van der Waals surface area contributed by atoms with E-state index in [2.05, 4.69) is 10.4 Å². The molecule has 1 aliphatic rings. The minimum atomic E-state index is -0.946. The lowest BCUT2D eigenvalue weighted by Gasteiger charge is -2.26. The Morgan fingerprint density at radius 1 is 1.45 bits per heavy atom. The summed E-state index contributed by atoms with van der Waals surface area (Å²) in [5.74, 6) is -2.39. The van der Waals surface area contributed by atoms with Crippen LogP contribution in [0, 0.1) is 11.8 Å². The molecular weight excluding hydrogens is 258 g/mol. The maximum absolute atomic E-state index is 12.2. The first-order chi connectivity index (χ1) is 9.41. The van der Waals surface area contributed by atoms with E-state index in [4.69, 9.17) is 5.11 Å². The third kappa shape index (κ3) is 2.69. The predicted molar refractivity (Wildman–Crippen MR) is 73.0 cm³/mol. The summed E-state index contributed by atoms with van der Waals surface area (Å²) in [5.41, 5.74) is 2.21. The number of carbonyl (C=O) groups is 2. The van der Waals surface area contributed by atoms with Crippen LogP contribution in [0.2, 0.25) is 0 Å². The number of hydrogen-bond acceptors (Lipinski definition) is 3. The van der Waals surface area contributed by atoms with E-state index in [-0.39, 0.29) is 11.9 Å². The van der Waals surface area contributed by atoms with E-state index in [1.165, 1.54) is 0 Å². The van der Waals surface area contributed by atoms with E-state index in [0.29, 0.717) is 0 Å². The molecule has 1 heterocycles. The molecule has 1 aromatic rings. The molecule has 6 heteroatoms. The van der Waals surface area contributed by atoms with Crippen molar-refractivity contribution in [2.75, 3.05) is 0 Å². The van der Waals surface area contributed by atoms with Gasteiger partial charge in [0.15, 0.2) is 0 Å². The summed E-state index contributed by atoms with van der Waals surface area (Å²) >= 11 is 0. The molecule has 1 aromatic heterocycles. The highest BCUT2D eigenvalue weighted by molar-refractivity contribution is 5.84. The Hall–Kier alpha value is -1.85. The maximum atomic E-state index is 12.2. The average Bonchev–Trinajstić information content (AvgIpc) is 2.80. The standard InChI is InChI=1S/C14H21N3O3/c1-8(9(2)14(19)20)13(18)16-11-5-4-6-12-10(11)7-15-17(12)3/h7-9,11H,4-6H2,1-3H3,(H,16,18)(H,19,20). The Labute approximate surface area is 118 Å². The third-order valence-electron chi connectivity index (χ3n) is 4.25. The van der Waals surface area contributed by atoms with E-state index in [9.17, 15) is 9.59 Å². The number of fused-ring (bicyclic) bond motifs is 1. The van der Waals surface area contributed by atoms with Crippen molar-refractivity contribution < 1.29 is 14.7 Å². The molecule has 110 valence electrons. The summed E-state index contributed by atoms with van der Waals surface area (Å²) in [4.78, 5) is 23.1. The van der Waals surface area contributed by atoms with Gasteiger partial charge in [0.2, 0.25) is 5.91 Å². The summed E-state index contributed by atoms with van der Waals surface area (Å²) in [6.07, 6.45) is 4.64. The van der Waals surface area contributed by atoms with Gasteiger partial charge in [0.05, 0.1) is 18.2 Å². The van der Waals surface area contributed by atoms with Gasteiger partial charge in [-0.1, -0.05) is 13.8 Å². The Morgan fingerprint density at radius 3 is 2.80 bits per heavy atom. The topological polar surface area (TPSA) is 84.2 Å². The van der Waals surface area contributed by atoms with Gasteiger partial charge in [0.25, 0.3) is 0 Å². The van der Waals surface area contributed by atoms with Crippen molar-refractivity contribution in [1.29, 1.82) is 0 Å². The fraction of sp³-hybridized carbons (Fsp3) is 0.643. The second kappa shape index (κ2) is 5.64.